The second-order valence-electron chi connectivity index (χ2n) is 9.40. The number of nitrogens with two attached hydrogens (primary N) is 1. The lowest BCUT2D eigenvalue weighted by Crippen LogP contribution is -2.14. The van der Waals surface area contributed by atoms with E-state index in [0.29, 0.717) is 38.6 Å². The number of carboxylic acids is 1. The zero-order valence-corrected chi connectivity index (χ0v) is 24.1. The fraction of sp³-hybridized carbons (Fsp3) is 0.484. The van der Waals surface area contributed by atoms with E-state index >= 15 is 0 Å². The number of ether oxygens (including phenoxy) is 2. The van der Waals surface area contributed by atoms with E-state index in [1.165, 1.54) is 0 Å². The Labute approximate surface area is 242 Å². The first kappa shape index (κ1) is 37.4. The van der Waals surface area contributed by atoms with Crippen LogP contribution in [-0.4, -0.2) is 57.8 Å². The van der Waals surface area contributed by atoms with Gasteiger partial charge >= 0.3 is 17.9 Å². The molecule has 0 spiro atoms. The normalized spacial score (nSPS) is 11.4. The Morgan fingerprint density at radius 2 is 1.10 bits per heavy atom. The van der Waals surface area contributed by atoms with Gasteiger partial charge in [-0.1, -0.05) is 60.7 Å². The zero-order chi connectivity index (χ0) is 30.9. The monoisotopic (exact) mass is 575 g/mol. The van der Waals surface area contributed by atoms with Crippen LogP contribution in [0.2, 0.25) is 0 Å². The van der Waals surface area contributed by atoms with Gasteiger partial charge in [0.25, 0.3) is 0 Å². The van der Waals surface area contributed by atoms with Gasteiger partial charge in [-0.3, -0.25) is 19.2 Å². The van der Waals surface area contributed by atoms with Crippen LogP contribution in [0.1, 0.15) is 76.3 Å². The van der Waals surface area contributed by atoms with Gasteiger partial charge in [0.15, 0.2) is 0 Å². The molecule has 0 aromatic heterocycles. The van der Waals surface area contributed by atoms with Crippen LogP contribution in [0.5, 0.6) is 0 Å². The van der Waals surface area contributed by atoms with Gasteiger partial charge in [0.1, 0.15) is 19.0 Å². The second kappa shape index (κ2) is 24.2. The maximum Gasteiger partial charge on any atom is 0.306 e. The summed E-state index contributed by atoms with van der Waals surface area (Å²) in [7, 11) is 0. The van der Waals surface area contributed by atoms with Crippen molar-refractivity contribution in [3.05, 3.63) is 71.8 Å². The summed E-state index contributed by atoms with van der Waals surface area (Å²) in [6.45, 7) is 4.19. The Kier molecular flexibility index (Phi) is 22.1. The van der Waals surface area contributed by atoms with Gasteiger partial charge in [-0.25, -0.2) is 0 Å². The molecular weight excluding hydrogens is 530 g/mol. The number of carbonyl (C=O) groups is 4. The van der Waals surface area contributed by atoms with Crippen molar-refractivity contribution in [1.29, 1.82) is 0 Å². The van der Waals surface area contributed by atoms with E-state index in [-0.39, 0.29) is 56.3 Å². The molecule has 0 heterocycles. The van der Waals surface area contributed by atoms with E-state index in [0.717, 1.165) is 11.1 Å². The summed E-state index contributed by atoms with van der Waals surface area (Å²) < 4.78 is 10.1. The van der Waals surface area contributed by atoms with Crippen molar-refractivity contribution in [3.8, 4) is 0 Å². The molecule has 2 unspecified atom stereocenters. The van der Waals surface area contributed by atoms with Crippen molar-refractivity contribution in [1.82, 2.24) is 0 Å². The molecule has 0 aliphatic carbocycles. The van der Waals surface area contributed by atoms with Crippen LogP contribution in [0.15, 0.2) is 60.7 Å². The molecule has 0 bridgehead atoms. The highest BCUT2D eigenvalue weighted by Gasteiger charge is 2.08. The molecule has 10 heteroatoms. The zero-order valence-electron chi connectivity index (χ0n) is 24.1. The molecule has 0 saturated heterocycles. The molecule has 10 nitrogen and oxygen atoms in total. The summed E-state index contributed by atoms with van der Waals surface area (Å²) in [5, 5.41) is 25.7. The molecule has 2 aromatic carbocycles. The summed E-state index contributed by atoms with van der Waals surface area (Å²) >= 11 is 0. The van der Waals surface area contributed by atoms with Crippen LogP contribution in [0.4, 0.5) is 0 Å². The van der Waals surface area contributed by atoms with Crippen molar-refractivity contribution in [2.45, 2.75) is 90.6 Å². The predicted molar refractivity (Wildman–Crippen MR) is 154 cm³/mol. The van der Waals surface area contributed by atoms with E-state index in [1.54, 1.807) is 13.8 Å². The molecule has 228 valence electrons. The van der Waals surface area contributed by atoms with Gasteiger partial charge in [0.2, 0.25) is 0 Å². The molecule has 0 radical (unpaired) electrons. The second-order valence-corrected chi connectivity index (χ2v) is 9.40. The van der Waals surface area contributed by atoms with Crippen LogP contribution in [0.25, 0.3) is 0 Å². The van der Waals surface area contributed by atoms with E-state index in [1.807, 2.05) is 60.7 Å². The molecule has 0 fully saturated rings. The Morgan fingerprint density at radius 1 is 0.683 bits per heavy atom. The van der Waals surface area contributed by atoms with Crippen molar-refractivity contribution >= 4 is 23.7 Å². The minimum atomic E-state index is -0.893. The highest BCUT2D eigenvalue weighted by atomic mass is 16.5. The van der Waals surface area contributed by atoms with Crippen molar-refractivity contribution in [2.24, 2.45) is 5.73 Å². The van der Waals surface area contributed by atoms with Gasteiger partial charge < -0.3 is 30.5 Å². The van der Waals surface area contributed by atoms with Gasteiger partial charge in [-0.15, -0.1) is 0 Å². The first-order valence-electron chi connectivity index (χ1n) is 13.7. The standard InChI is InChI=1S/C16H22O4.C12H14O4.C3H9NO/c1-13(17)10-11-15(18)8-5-9-16(19)20-12-14-6-3-2-4-7-14;13-11(14)7-4-8-12(15)16-9-10-5-2-1-3-6-10;1-3(5)2-4/h2-4,6-7,13,17H,5,8-12H2,1H3;1-3,5-6H,4,7-9H2,(H,13,14);3,5H,2,4H2,1H3. The Hall–Kier alpha value is -3.60. The number of ketones is 1. The molecule has 2 rings (SSSR count). The number of Topliss-reactive ketones (excluding diaryl/α,β-unsaturated/α-hetero) is 1. The molecule has 2 atom stereocenters. The number of rotatable bonds is 16. The number of benzene rings is 2. The maximum absolute atomic E-state index is 11.5. The lowest BCUT2D eigenvalue weighted by Gasteiger charge is -2.05. The Balaban J connectivity index is 0.000000681. The fourth-order valence-corrected chi connectivity index (χ4v) is 2.93. The lowest BCUT2D eigenvalue weighted by atomic mass is 10.1. The summed E-state index contributed by atoms with van der Waals surface area (Å²) in [6.07, 6.45) is 1.67. The Morgan fingerprint density at radius 3 is 1.46 bits per heavy atom. The summed E-state index contributed by atoms with van der Waals surface area (Å²) in [4.78, 5) is 44.3. The van der Waals surface area contributed by atoms with E-state index in [9.17, 15) is 19.2 Å². The summed E-state index contributed by atoms with van der Waals surface area (Å²) in [6, 6.07) is 18.8. The number of esters is 2. The predicted octanol–water partition coefficient (Wildman–Crippen LogP) is 3.94. The highest BCUT2D eigenvalue weighted by Crippen LogP contribution is 2.07. The van der Waals surface area contributed by atoms with Crippen LogP contribution in [0, 0.1) is 0 Å². The first-order chi connectivity index (χ1) is 19.5. The smallest absolute Gasteiger partial charge is 0.306 e. The van der Waals surface area contributed by atoms with Crippen LogP contribution >= 0.6 is 0 Å². The third kappa shape index (κ3) is 25.1. The number of aliphatic hydroxyl groups is 2. The quantitative estimate of drug-likeness (QED) is 0.215. The molecule has 2 aromatic rings. The fourth-order valence-electron chi connectivity index (χ4n) is 2.93. The average Bonchev–Trinajstić information content (AvgIpc) is 2.95. The maximum atomic E-state index is 11.5. The number of aliphatic carboxylic acids is 1. The summed E-state index contributed by atoms with van der Waals surface area (Å²) in [5.74, 6) is -1.44. The molecule has 0 aliphatic heterocycles. The average molecular weight is 576 g/mol. The van der Waals surface area contributed by atoms with Crippen LogP contribution in [-0.2, 0) is 41.9 Å². The van der Waals surface area contributed by atoms with Crippen molar-refractivity contribution in [2.75, 3.05) is 6.54 Å². The van der Waals surface area contributed by atoms with Crippen LogP contribution in [0.3, 0.4) is 0 Å². The minimum absolute atomic E-state index is 0.000434. The van der Waals surface area contributed by atoms with E-state index in [4.69, 9.17) is 30.5 Å². The first-order valence-corrected chi connectivity index (χ1v) is 13.7. The topological polar surface area (TPSA) is 173 Å². The highest BCUT2D eigenvalue weighted by molar-refractivity contribution is 5.79. The molecule has 5 N–H and O–H groups in total. The largest absolute Gasteiger partial charge is 0.481 e. The molecule has 0 aliphatic rings. The van der Waals surface area contributed by atoms with Crippen molar-refractivity contribution in [3.63, 3.8) is 0 Å². The van der Waals surface area contributed by atoms with E-state index in [2.05, 4.69) is 0 Å². The minimum Gasteiger partial charge on any atom is -0.481 e. The SMILES string of the molecule is CC(O)CCC(=O)CCCC(=O)OCc1ccccc1.CC(O)CN.O=C(O)CCCC(=O)OCc1ccccc1. The van der Waals surface area contributed by atoms with Crippen LogP contribution < -0.4 is 5.73 Å². The van der Waals surface area contributed by atoms with Gasteiger partial charge in [0, 0.05) is 38.6 Å². The third-order valence-corrected chi connectivity index (χ3v) is 5.28. The van der Waals surface area contributed by atoms with Crippen molar-refractivity contribution < 1.29 is 44.0 Å². The number of carboxylic acid groups (broad SMARTS) is 1. The molecule has 41 heavy (non-hydrogen) atoms. The third-order valence-electron chi connectivity index (χ3n) is 5.28. The van der Waals surface area contributed by atoms with Gasteiger partial charge in [-0.2, -0.15) is 0 Å². The van der Waals surface area contributed by atoms with Gasteiger partial charge in [-0.05, 0) is 44.2 Å². The number of aliphatic hydroxyl groups excluding tert-OH is 2. The lowest BCUT2D eigenvalue weighted by molar-refractivity contribution is -0.146. The molecule has 0 saturated carbocycles. The van der Waals surface area contributed by atoms with Gasteiger partial charge in [0.05, 0.1) is 12.2 Å². The Bertz CT molecular complexity index is 980. The molecule has 0 amide bonds. The number of carbonyl (C=O) groups excluding carboxylic acids is 3. The van der Waals surface area contributed by atoms with E-state index < -0.39 is 12.1 Å². The number of hydrogen-bond acceptors (Lipinski definition) is 9. The summed E-state index contributed by atoms with van der Waals surface area (Å²) in [5.41, 5.74) is 6.80. The molecular formula is C31H45NO9. The number of hydrogen-bond donors (Lipinski definition) is 4.